The van der Waals surface area contributed by atoms with Crippen LogP contribution in [-0.4, -0.2) is 33.4 Å². The van der Waals surface area contributed by atoms with Crippen molar-refractivity contribution < 1.29 is 24.9 Å². The second-order valence-electron chi connectivity index (χ2n) is 1.57. The summed E-state index contributed by atoms with van der Waals surface area (Å²) in [7, 11) is 0. The van der Waals surface area contributed by atoms with Gasteiger partial charge in [-0.3, -0.25) is 0 Å². The van der Waals surface area contributed by atoms with E-state index in [1.807, 2.05) is 0 Å². The fourth-order valence-electron chi connectivity index (χ4n) is 0.266. The lowest BCUT2D eigenvalue weighted by Crippen LogP contribution is -2.25. The van der Waals surface area contributed by atoms with Gasteiger partial charge in [0.1, 0.15) is 0 Å². The van der Waals surface area contributed by atoms with Crippen LogP contribution in [-0.2, 0) is 9.59 Å². The summed E-state index contributed by atoms with van der Waals surface area (Å²) in [4.78, 5) is 19.8. The Balaban J connectivity index is 4.22. The average molecular weight is 146 g/mol. The number of aliphatic hydroxyl groups excluding tert-OH is 1. The lowest BCUT2D eigenvalue weighted by atomic mass is 10.2. The smallest absolute Gasteiger partial charge is 0.337 e. The lowest BCUT2D eigenvalue weighted by molar-refractivity contribution is -0.147. The minimum absolute atomic E-state index is 0.743. The van der Waals surface area contributed by atoms with Crippen LogP contribution in [0.15, 0.2) is 12.2 Å². The predicted molar refractivity (Wildman–Crippen MR) is 30.4 cm³/mol. The Morgan fingerprint density at radius 2 is 1.70 bits per heavy atom. The first-order chi connectivity index (χ1) is 4.46. The number of hydrogen-bond donors (Lipinski definition) is 3. The highest BCUT2D eigenvalue weighted by molar-refractivity contribution is 5.94. The molecule has 0 fully saturated rings. The molecular formula is C5H6O5. The van der Waals surface area contributed by atoms with Crippen LogP contribution in [0.3, 0.4) is 0 Å². The van der Waals surface area contributed by atoms with Crippen LogP contribution in [0.5, 0.6) is 0 Å². The maximum Gasteiger partial charge on any atom is 0.337 e. The van der Waals surface area contributed by atoms with Crippen molar-refractivity contribution in [3.63, 3.8) is 0 Å². The van der Waals surface area contributed by atoms with Gasteiger partial charge in [-0.15, -0.1) is 0 Å². The van der Waals surface area contributed by atoms with Gasteiger partial charge in [0, 0.05) is 0 Å². The van der Waals surface area contributed by atoms with Gasteiger partial charge in [0.2, 0.25) is 0 Å². The number of carboxylic acid groups (broad SMARTS) is 2. The van der Waals surface area contributed by atoms with Crippen molar-refractivity contribution in [2.24, 2.45) is 0 Å². The zero-order chi connectivity index (χ0) is 8.31. The molecule has 0 bridgehead atoms. The second kappa shape index (κ2) is 2.98. The van der Waals surface area contributed by atoms with Crippen LogP contribution >= 0.6 is 0 Å². The Kier molecular flexibility index (Phi) is 2.57. The van der Waals surface area contributed by atoms with Crippen LogP contribution < -0.4 is 0 Å². The van der Waals surface area contributed by atoms with Gasteiger partial charge in [0.25, 0.3) is 0 Å². The van der Waals surface area contributed by atoms with Crippen LogP contribution in [0.25, 0.3) is 0 Å². The third kappa shape index (κ3) is 1.87. The van der Waals surface area contributed by atoms with Gasteiger partial charge in [-0.1, -0.05) is 6.58 Å². The summed E-state index contributed by atoms with van der Waals surface area (Å²) >= 11 is 0. The number of carbonyl (C=O) groups is 2. The summed E-state index contributed by atoms with van der Waals surface area (Å²) < 4.78 is 0. The van der Waals surface area contributed by atoms with Gasteiger partial charge in [-0.2, -0.15) is 0 Å². The fourth-order valence-corrected chi connectivity index (χ4v) is 0.266. The molecule has 5 heteroatoms. The number of hydrogen-bond acceptors (Lipinski definition) is 3. The zero-order valence-corrected chi connectivity index (χ0v) is 4.94. The van der Waals surface area contributed by atoms with Crippen molar-refractivity contribution >= 4 is 11.9 Å². The minimum Gasteiger partial charge on any atom is -0.479 e. The molecule has 0 radical (unpaired) electrons. The first kappa shape index (κ1) is 8.64. The van der Waals surface area contributed by atoms with Crippen LogP contribution in [0.2, 0.25) is 0 Å². The average Bonchev–Trinajstić information content (AvgIpc) is 1.84. The molecule has 0 aliphatic rings. The van der Waals surface area contributed by atoms with E-state index in [1.165, 1.54) is 0 Å². The van der Waals surface area contributed by atoms with Crippen molar-refractivity contribution in [1.29, 1.82) is 0 Å². The van der Waals surface area contributed by atoms with E-state index in [0.29, 0.717) is 0 Å². The van der Waals surface area contributed by atoms with Gasteiger partial charge in [0.05, 0.1) is 5.57 Å². The third-order valence-electron chi connectivity index (χ3n) is 0.839. The molecule has 0 aliphatic heterocycles. The molecular weight excluding hydrogens is 140 g/mol. The highest BCUT2D eigenvalue weighted by Crippen LogP contribution is 1.98. The summed E-state index contributed by atoms with van der Waals surface area (Å²) in [5.41, 5.74) is -0.743. The molecule has 1 unspecified atom stereocenters. The highest BCUT2D eigenvalue weighted by atomic mass is 16.4. The van der Waals surface area contributed by atoms with E-state index in [1.54, 1.807) is 0 Å². The predicted octanol–water partition coefficient (Wildman–Crippen LogP) is -0.927. The van der Waals surface area contributed by atoms with Crippen LogP contribution in [0.1, 0.15) is 0 Å². The monoisotopic (exact) mass is 146 g/mol. The summed E-state index contributed by atoms with van der Waals surface area (Å²) in [6.07, 6.45) is -2.02. The number of aliphatic hydroxyl groups is 1. The summed E-state index contributed by atoms with van der Waals surface area (Å²) in [6, 6.07) is 0. The van der Waals surface area contributed by atoms with Crippen molar-refractivity contribution in [2.45, 2.75) is 6.10 Å². The molecule has 0 aromatic carbocycles. The Labute approximate surface area is 56.2 Å². The van der Waals surface area contributed by atoms with Crippen LogP contribution in [0.4, 0.5) is 0 Å². The minimum atomic E-state index is -2.02. The number of carboxylic acids is 2. The van der Waals surface area contributed by atoms with Gasteiger partial charge in [0.15, 0.2) is 6.10 Å². The summed E-state index contributed by atoms with van der Waals surface area (Å²) in [5.74, 6) is -3.14. The van der Waals surface area contributed by atoms with E-state index in [-0.39, 0.29) is 0 Å². The van der Waals surface area contributed by atoms with E-state index >= 15 is 0 Å². The molecule has 0 saturated heterocycles. The fraction of sp³-hybridized carbons (Fsp3) is 0.200. The SMILES string of the molecule is C=C(C(=O)O)C(O)C(=O)O. The van der Waals surface area contributed by atoms with Crippen molar-refractivity contribution in [1.82, 2.24) is 0 Å². The van der Waals surface area contributed by atoms with Crippen molar-refractivity contribution in [3.8, 4) is 0 Å². The van der Waals surface area contributed by atoms with E-state index in [9.17, 15) is 9.59 Å². The van der Waals surface area contributed by atoms with E-state index in [4.69, 9.17) is 15.3 Å². The standard InChI is InChI=1S/C5H6O5/c1-2(4(7)8)3(6)5(9)10/h3,6H,1H2,(H,7,8)(H,9,10). The Morgan fingerprint density at radius 1 is 1.30 bits per heavy atom. The second-order valence-corrected chi connectivity index (χ2v) is 1.57. The van der Waals surface area contributed by atoms with Gasteiger partial charge in [-0.25, -0.2) is 9.59 Å². The maximum absolute atomic E-state index is 9.92. The molecule has 5 nitrogen and oxygen atoms in total. The van der Waals surface area contributed by atoms with E-state index in [2.05, 4.69) is 6.58 Å². The van der Waals surface area contributed by atoms with E-state index in [0.717, 1.165) is 0 Å². The molecule has 0 heterocycles. The van der Waals surface area contributed by atoms with Crippen molar-refractivity contribution in [3.05, 3.63) is 12.2 Å². The molecule has 0 saturated carbocycles. The number of rotatable bonds is 3. The Hall–Kier alpha value is -1.36. The molecule has 0 aromatic heterocycles. The summed E-state index contributed by atoms with van der Waals surface area (Å²) in [5, 5.41) is 24.6. The molecule has 0 amide bonds. The molecule has 1 atom stereocenters. The first-order valence-corrected chi connectivity index (χ1v) is 2.29. The van der Waals surface area contributed by atoms with Gasteiger partial charge >= 0.3 is 11.9 Å². The molecule has 3 N–H and O–H groups in total. The molecule has 0 rings (SSSR count). The molecule has 0 aliphatic carbocycles. The lowest BCUT2D eigenvalue weighted by Gasteiger charge is -2.02. The number of aliphatic carboxylic acids is 2. The maximum atomic E-state index is 9.92. The molecule has 10 heavy (non-hydrogen) atoms. The van der Waals surface area contributed by atoms with Gasteiger partial charge < -0.3 is 15.3 Å². The molecule has 0 spiro atoms. The molecule has 0 aromatic rings. The van der Waals surface area contributed by atoms with E-state index < -0.39 is 23.6 Å². The zero-order valence-electron chi connectivity index (χ0n) is 4.94. The normalized spacial score (nSPS) is 12.1. The van der Waals surface area contributed by atoms with Crippen molar-refractivity contribution in [2.75, 3.05) is 0 Å². The quantitative estimate of drug-likeness (QED) is 0.447. The van der Waals surface area contributed by atoms with Crippen LogP contribution in [0, 0.1) is 0 Å². The Bertz CT molecular complexity index is 182. The first-order valence-electron chi connectivity index (χ1n) is 2.29. The Morgan fingerprint density at radius 3 is 1.80 bits per heavy atom. The topological polar surface area (TPSA) is 94.8 Å². The molecule has 56 valence electrons. The largest absolute Gasteiger partial charge is 0.479 e. The van der Waals surface area contributed by atoms with Gasteiger partial charge in [-0.05, 0) is 0 Å². The summed E-state index contributed by atoms with van der Waals surface area (Å²) in [6.45, 7) is 2.84. The highest BCUT2D eigenvalue weighted by Gasteiger charge is 2.21. The third-order valence-corrected chi connectivity index (χ3v) is 0.839.